The molecule has 2 rings (SSSR count). The van der Waals surface area contributed by atoms with E-state index in [0.29, 0.717) is 12.2 Å². The van der Waals surface area contributed by atoms with Crippen LogP contribution < -0.4 is 5.32 Å². The van der Waals surface area contributed by atoms with Crippen molar-refractivity contribution >= 4 is 0 Å². The Morgan fingerprint density at radius 3 is 2.78 bits per heavy atom. The summed E-state index contributed by atoms with van der Waals surface area (Å²) in [4.78, 5) is 2.71. The fourth-order valence-corrected chi connectivity index (χ4v) is 3.51. The molecule has 0 radical (unpaired) electrons. The number of piperidine rings is 1. The third-order valence-corrected chi connectivity index (χ3v) is 4.44. The van der Waals surface area contributed by atoms with Gasteiger partial charge in [-0.25, -0.2) is 0 Å². The summed E-state index contributed by atoms with van der Waals surface area (Å²) in [6, 6.07) is 0.829. The Hall–Kier alpha value is -0.120. The van der Waals surface area contributed by atoms with E-state index in [9.17, 15) is 0 Å². The van der Waals surface area contributed by atoms with Gasteiger partial charge in [0.2, 0.25) is 0 Å². The van der Waals surface area contributed by atoms with Crippen LogP contribution in [0.1, 0.15) is 51.9 Å². The van der Waals surface area contributed by atoms with Crippen molar-refractivity contribution in [2.45, 2.75) is 70.1 Å². The highest BCUT2D eigenvalue weighted by Gasteiger charge is 2.29. The molecule has 3 unspecified atom stereocenters. The molecule has 2 saturated heterocycles. The lowest BCUT2D eigenvalue weighted by molar-refractivity contribution is 0.00678. The molecular weight excluding hydrogens is 224 g/mol. The van der Waals surface area contributed by atoms with Gasteiger partial charge in [0.15, 0.2) is 0 Å². The van der Waals surface area contributed by atoms with E-state index in [0.717, 1.165) is 12.6 Å². The SMILES string of the molecule is CCCC1CCCCN1CC1CCC(CNC)O1. The largest absolute Gasteiger partial charge is 0.372 e. The third kappa shape index (κ3) is 3.94. The van der Waals surface area contributed by atoms with Crippen LogP contribution in [-0.4, -0.2) is 49.8 Å². The van der Waals surface area contributed by atoms with Crippen LogP contribution in [0.4, 0.5) is 0 Å². The molecular formula is C15H30N2O. The van der Waals surface area contributed by atoms with Gasteiger partial charge in [-0.15, -0.1) is 0 Å². The zero-order chi connectivity index (χ0) is 12.8. The summed E-state index contributed by atoms with van der Waals surface area (Å²) >= 11 is 0. The molecule has 0 saturated carbocycles. The molecule has 1 N–H and O–H groups in total. The van der Waals surface area contributed by atoms with Gasteiger partial charge >= 0.3 is 0 Å². The van der Waals surface area contributed by atoms with E-state index in [1.54, 1.807) is 0 Å². The van der Waals surface area contributed by atoms with Crippen LogP contribution in [0.15, 0.2) is 0 Å². The summed E-state index contributed by atoms with van der Waals surface area (Å²) < 4.78 is 6.13. The average molecular weight is 254 g/mol. The molecule has 3 heteroatoms. The van der Waals surface area contributed by atoms with Gasteiger partial charge < -0.3 is 10.1 Å². The number of ether oxygens (including phenoxy) is 1. The molecule has 18 heavy (non-hydrogen) atoms. The smallest absolute Gasteiger partial charge is 0.0707 e. The zero-order valence-corrected chi connectivity index (χ0v) is 12.2. The Balaban J connectivity index is 1.77. The Kier molecular flexibility index (Phi) is 5.93. The van der Waals surface area contributed by atoms with Crippen molar-refractivity contribution < 1.29 is 4.74 Å². The molecule has 0 aromatic carbocycles. The summed E-state index contributed by atoms with van der Waals surface area (Å²) in [5, 5.41) is 3.22. The summed E-state index contributed by atoms with van der Waals surface area (Å²) in [7, 11) is 2.01. The minimum absolute atomic E-state index is 0.453. The molecule has 2 aliphatic heterocycles. The molecule has 2 aliphatic rings. The third-order valence-electron chi connectivity index (χ3n) is 4.44. The van der Waals surface area contributed by atoms with Crippen molar-refractivity contribution in [2.75, 3.05) is 26.7 Å². The lowest BCUT2D eigenvalue weighted by Crippen LogP contribution is -2.43. The molecule has 106 valence electrons. The molecule has 0 aromatic rings. The van der Waals surface area contributed by atoms with Gasteiger partial charge in [-0.1, -0.05) is 19.8 Å². The fourth-order valence-electron chi connectivity index (χ4n) is 3.51. The average Bonchev–Trinajstić information content (AvgIpc) is 2.80. The van der Waals surface area contributed by atoms with Gasteiger partial charge in [0, 0.05) is 19.1 Å². The van der Waals surface area contributed by atoms with E-state index in [1.165, 1.54) is 58.0 Å². The van der Waals surface area contributed by atoms with Gasteiger partial charge in [0.05, 0.1) is 12.2 Å². The van der Waals surface area contributed by atoms with Crippen molar-refractivity contribution in [3.05, 3.63) is 0 Å². The Bertz CT molecular complexity index is 233. The summed E-state index contributed by atoms with van der Waals surface area (Å²) in [6.45, 7) is 5.78. The first-order chi connectivity index (χ1) is 8.83. The second kappa shape index (κ2) is 7.46. The second-order valence-corrected chi connectivity index (χ2v) is 5.95. The van der Waals surface area contributed by atoms with Crippen molar-refractivity contribution in [1.29, 1.82) is 0 Å². The predicted molar refractivity (Wildman–Crippen MR) is 75.9 cm³/mol. The molecule has 3 nitrogen and oxygen atoms in total. The summed E-state index contributed by atoms with van der Waals surface area (Å²) in [6.07, 6.45) is 10.3. The molecule has 0 aliphatic carbocycles. The van der Waals surface area contributed by atoms with E-state index < -0.39 is 0 Å². The maximum absolute atomic E-state index is 6.13. The van der Waals surface area contributed by atoms with Gasteiger partial charge in [0.25, 0.3) is 0 Å². The Morgan fingerprint density at radius 2 is 2.00 bits per heavy atom. The van der Waals surface area contributed by atoms with Crippen LogP contribution in [0, 0.1) is 0 Å². The Morgan fingerprint density at radius 1 is 1.17 bits per heavy atom. The number of likely N-dealkylation sites (N-methyl/N-ethyl adjacent to an activating group) is 1. The molecule has 0 amide bonds. The van der Waals surface area contributed by atoms with E-state index in [-0.39, 0.29) is 0 Å². The highest BCUT2D eigenvalue weighted by molar-refractivity contribution is 4.82. The Labute approximate surface area is 112 Å². The highest BCUT2D eigenvalue weighted by atomic mass is 16.5. The predicted octanol–water partition coefficient (Wildman–Crippen LogP) is 2.41. The van der Waals surface area contributed by atoms with E-state index in [4.69, 9.17) is 4.74 Å². The number of rotatable bonds is 6. The van der Waals surface area contributed by atoms with Gasteiger partial charge in [-0.05, 0) is 45.7 Å². The molecule has 0 aromatic heterocycles. The van der Waals surface area contributed by atoms with Gasteiger partial charge in [-0.2, -0.15) is 0 Å². The van der Waals surface area contributed by atoms with E-state index in [2.05, 4.69) is 17.1 Å². The number of nitrogens with zero attached hydrogens (tertiary/aromatic N) is 1. The zero-order valence-electron chi connectivity index (χ0n) is 12.2. The van der Waals surface area contributed by atoms with Gasteiger partial charge in [-0.3, -0.25) is 4.90 Å². The van der Waals surface area contributed by atoms with Crippen molar-refractivity contribution in [2.24, 2.45) is 0 Å². The lowest BCUT2D eigenvalue weighted by atomic mass is 9.97. The standard InChI is InChI=1S/C15H30N2O/c1-3-6-13-7-4-5-10-17(13)12-15-9-8-14(18-15)11-16-2/h13-16H,3-12H2,1-2H3. The van der Waals surface area contributed by atoms with Gasteiger partial charge in [0.1, 0.15) is 0 Å². The monoisotopic (exact) mass is 254 g/mol. The maximum Gasteiger partial charge on any atom is 0.0707 e. The molecule has 0 bridgehead atoms. The summed E-state index contributed by atoms with van der Waals surface area (Å²) in [5.74, 6) is 0. The number of nitrogens with one attached hydrogen (secondary N) is 1. The van der Waals surface area contributed by atoms with Crippen LogP contribution >= 0.6 is 0 Å². The molecule has 3 atom stereocenters. The van der Waals surface area contributed by atoms with Crippen molar-refractivity contribution in [3.63, 3.8) is 0 Å². The number of likely N-dealkylation sites (tertiary alicyclic amines) is 1. The molecule has 2 heterocycles. The quantitative estimate of drug-likeness (QED) is 0.788. The first-order valence-electron chi connectivity index (χ1n) is 7.87. The van der Waals surface area contributed by atoms with Crippen LogP contribution in [0.25, 0.3) is 0 Å². The van der Waals surface area contributed by atoms with E-state index >= 15 is 0 Å². The lowest BCUT2D eigenvalue weighted by Gasteiger charge is -2.37. The fraction of sp³-hybridized carbons (Fsp3) is 1.00. The molecule has 2 fully saturated rings. The summed E-state index contributed by atoms with van der Waals surface area (Å²) in [5.41, 5.74) is 0. The van der Waals surface area contributed by atoms with Crippen LogP contribution in [-0.2, 0) is 4.74 Å². The number of hydrogen-bond donors (Lipinski definition) is 1. The van der Waals surface area contributed by atoms with Crippen LogP contribution in [0.2, 0.25) is 0 Å². The van der Waals surface area contributed by atoms with Crippen molar-refractivity contribution in [3.8, 4) is 0 Å². The minimum atomic E-state index is 0.453. The van der Waals surface area contributed by atoms with Crippen LogP contribution in [0.3, 0.4) is 0 Å². The van der Waals surface area contributed by atoms with E-state index in [1.807, 2.05) is 7.05 Å². The topological polar surface area (TPSA) is 24.5 Å². The number of hydrogen-bond acceptors (Lipinski definition) is 3. The van der Waals surface area contributed by atoms with Crippen LogP contribution in [0.5, 0.6) is 0 Å². The molecule has 0 spiro atoms. The first kappa shape index (κ1) is 14.3. The normalized spacial score (nSPS) is 34.0. The highest BCUT2D eigenvalue weighted by Crippen LogP contribution is 2.25. The maximum atomic E-state index is 6.13. The van der Waals surface area contributed by atoms with Crippen molar-refractivity contribution in [1.82, 2.24) is 10.2 Å². The first-order valence-corrected chi connectivity index (χ1v) is 7.87. The second-order valence-electron chi connectivity index (χ2n) is 5.95. The minimum Gasteiger partial charge on any atom is -0.372 e.